The van der Waals surface area contributed by atoms with Gasteiger partial charge in [-0.25, -0.2) is 0 Å². The van der Waals surface area contributed by atoms with Crippen molar-refractivity contribution in [3.63, 3.8) is 0 Å². The van der Waals surface area contributed by atoms with Gasteiger partial charge in [0.15, 0.2) is 0 Å². The molecule has 0 heterocycles. The largest absolute Gasteiger partial charge is 0.465 e. The van der Waals surface area contributed by atoms with Crippen molar-refractivity contribution < 1.29 is 9.53 Å². The molecular weight excluding hydrogens is 166 g/mol. The van der Waals surface area contributed by atoms with E-state index in [1.54, 1.807) is 0 Å². The van der Waals surface area contributed by atoms with Gasteiger partial charge in [0.2, 0.25) is 0 Å². The van der Waals surface area contributed by atoms with Gasteiger partial charge in [0.05, 0.1) is 6.61 Å². The first-order valence-corrected chi connectivity index (χ1v) is 5.00. The van der Waals surface area contributed by atoms with E-state index in [0.29, 0.717) is 18.9 Å². The highest BCUT2D eigenvalue weighted by Crippen LogP contribution is 2.03. The number of hydrogen-bond acceptors (Lipinski definition) is 3. The molecule has 0 spiro atoms. The molecular formula is C10H21NO2. The smallest absolute Gasteiger partial charge is 0.322 e. The minimum Gasteiger partial charge on any atom is -0.465 e. The maximum absolute atomic E-state index is 11.1. The van der Waals surface area contributed by atoms with Crippen LogP contribution in [0.3, 0.4) is 0 Å². The highest BCUT2D eigenvalue weighted by molar-refractivity contribution is 5.75. The number of ether oxygens (including phenoxy) is 1. The van der Waals surface area contributed by atoms with Crippen molar-refractivity contribution in [1.82, 2.24) is 0 Å². The monoisotopic (exact) mass is 187 g/mol. The minimum atomic E-state index is -0.445. The SMILES string of the molecule is CC[C@H](N)C(=O)OCCCC(C)C. The van der Waals surface area contributed by atoms with E-state index >= 15 is 0 Å². The summed E-state index contributed by atoms with van der Waals surface area (Å²) in [6.45, 7) is 6.68. The van der Waals surface area contributed by atoms with Crippen LogP contribution in [0.4, 0.5) is 0 Å². The molecule has 0 saturated heterocycles. The van der Waals surface area contributed by atoms with Crippen molar-refractivity contribution in [3.8, 4) is 0 Å². The maximum Gasteiger partial charge on any atom is 0.322 e. The quantitative estimate of drug-likeness (QED) is 0.508. The molecule has 78 valence electrons. The van der Waals surface area contributed by atoms with Crippen molar-refractivity contribution in [2.45, 2.75) is 46.1 Å². The lowest BCUT2D eigenvalue weighted by Crippen LogP contribution is -2.31. The molecule has 0 amide bonds. The first-order chi connectivity index (χ1) is 6.07. The highest BCUT2D eigenvalue weighted by Gasteiger charge is 2.11. The fourth-order valence-corrected chi connectivity index (χ4v) is 0.938. The van der Waals surface area contributed by atoms with Crippen LogP contribution in [-0.2, 0) is 9.53 Å². The number of hydrogen-bond donors (Lipinski definition) is 1. The van der Waals surface area contributed by atoms with Crippen LogP contribution in [-0.4, -0.2) is 18.6 Å². The van der Waals surface area contributed by atoms with Gasteiger partial charge < -0.3 is 10.5 Å². The molecule has 0 unspecified atom stereocenters. The molecule has 0 aliphatic rings. The summed E-state index contributed by atoms with van der Waals surface area (Å²) < 4.78 is 4.98. The first kappa shape index (κ1) is 12.4. The maximum atomic E-state index is 11.1. The van der Waals surface area contributed by atoms with Crippen molar-refractivity contribution in [2.75, 3.05) is 6.61 Å². The third-order valence-corrected chi connectivity index (χ3v) is 1.91. The van der Waals surface area contributed by atoms with Crippen LogP contribution in [0.25, 0.3) is 0 Å². The topological polar surface area (TPSA) is 52.3 Å². The zero-order valence-corrected chi connectivity index (χ0v) is 8.88. The summed E-state index contributed by atoms with van der Waals surface area (Å²) in [5.74, 6) is 0.393. The van der Waals surface area contributed by atoms with Crippen LogP contribution in [0.2, 0.25) is 0 Å². The molecule has 0 aliphatic carbocycles. The number of carbonyl (C=O) groups excluding carboxylic acids is 1. The number of rotatable bonds is 6. The molecule has 0 bridgehead atoms. The van der Waals surface area contributed by atoms with Crippen LogP contribution >= 0.6 is 0 Å². The zero-order valence-electron chi connectivity index (χ0n) is 8.88. The molecule has 0 aromatic carbocycles. The molecule has 1 atom stereocenters. The Morgan fingerprint density at radius 2 is 2.08 bits per heavy atom. The van der Waals surface area contributed by atoms with Gasteiger partial charge in [0, 0.05) is 0 Å². The van der Waals surface area contributed by atoms with Gasteiger partial charge in [-0.2, -0.15) is 0 Å². The Balaban J connectivity index is 3.37. The summed E-state index contributed by atoms with van der Waals surface area (Å²) in [6.07, 6.45) is 2.66. The van der Waals surface area contributed by atoms with E-state index in [0.717, 1.165) is 12.8 Å². The molecule has 0 saturated carbocycles. The van der Waals surface area contributed by atoms with Crippen molar-refractivity contribution in [1.29, 1.82) is 0 Å². The average molecular weight is 187 g/mol. The lowest BCUT2D eigenvalue weighted by molar-refractivity contribution is -0.145. The van der Waals surface area contributed by atoms with Crippen molar-refractivity contribution in [2.24, 2.45) is 11.7 Å². The number of esters is 1. The summed E-state index contributed by atoms with van der Waals surface area (Å²) in [5, 5.41) is 0. The molecule has 0 rings (SSSR count). The standard InChI is InChI=1S/C10H21NO2/c1-4-9(11)10(12)13-7-5-6-8(2)3/h8-9H,4-7,11H2,1-3H3/t9-/m0/s1. The predicted octanol–water partition coefficient (Wildman–Crippen LogP) is 1.70. The second-order valence-electron chi connectivity index (χ2n) is 3.72. The van der Waals surface area contributed by atoms with Crippen LogP contribution in [0, 0.1) is 5.92 Å². The normalized spacial score (nSPS) is 13.0. The van der Waals surface area contributed by atoms with E-state index in [-0.39, 0.29) is 5.97 Å². The second-order valence-corrected chi connectivity index (χ2v) is 3.72. The Morgan fingerprint density at radius 1 is 1.46 bits per heavy atom. The predicted molar refractivity (Wildman–Crippen MR) is 53.3 cm³/mol. The Bertz CT molecular complexity index is 146. The van der Waals surface area contributed by atoms with Gasteiger partial charge in [-0.05, 0) is 25.2 Å². The molecule has 2 N–H and O–H groups in total. The lowest BCUT2D eigenvalue weighted by atomic mass is 10.1. The van der Waals surface area contributed by atoms with Gasteiger partial charge in [0.25, 0.3) is 0 Å². The lowest BCUT2D eigenvalue weighted by Gasteiger charge is -2.09. The number of carbonyl (C=O) groups is 1. The van der Waals surface area contributed by atoms with Crippen LogP contribution in [0.15, 0.2) is 0 Å². The Hall–Kier alpha value is -0.570. The molecule has 0 aromatic heterocycles. The van der Waals surface area contributed by atoms with E-state index in [1.807, 2.05) is 6.92 Å². The Morgan fingerprint density at radius 3 is 2.54 bits per heavy atom. The average Bonchev–Trinajstić information content (AvgIpc) is 2.10. The summed E-state index contributed by atoms with van der Waals surface area (Å²) >= 11 is 0. The first-order valence-electron chi connectivity index (χ1n) is 5.00. The van der Waals surface area contributed by atoms with E-state index in [1.165, 1.54) is 0 Å². The summed E-state index contributed by atoms with van der Waals surface area (Å²) in [7, 11) is 0. The second kappa shape index (κ2) is 6.89. The number of nitrogens with two attached hydrogens (primary N) is 1. The van der Waals surface area contributed by atoms with Gasteiger partial charge >= 0.3 is 5.97 Å². The third-order valence-electron chi connectivity index (χ3n) is 1.91. The van der Waals surface area contributed by atoms with Crippen molar-refractivity contribution >= 4 is 5.97 Å². The molecule has 0 radical (unpaired) electrons. The van der Waals surface area contributed by atoms with Crippen LogP contribution in [0.5, 0.6) is 0 Å². The summed E-state index contributed by atoms with van der Waals surface area (Å²) in [4.78, 5) is 11.1. The fraction of sp³-hybridized carbons (Fsp3) is 0.900. The summed E-state index contributed by atoms with van der Waals surface area (Å²) in [5.41, 5.74) is 5.48. The van der Waals surface area contributed by atoms with E-state index in [2.05, 4.69) is 13.8 Å². The molecule has 3 nitrogen and oxygen atoms in total. The molecule has 13 heavy (non-hydrogen) atoms. The minimum absolute atomic E-state index is 0.272. The van der Waals surface area contributed by atoms with Gasteiger partial charge in [-0.3, -0.25) is 4.79 Å². The fourth-order valence-electron chi connectivity index (χ4n) is 0.938. The Labute approximate surface area is 80.6 Å². The molecule has 0 fully saturated rings. The van der Waals surface area contributed by atoms with Gasteiger partial charge in [-0.15, -0.1) is 0 Å². The molecule has 3 heteroatoms. The van der Waals surface area contributed by atoms with Gasteiger partial charge in [0.1, 0.15) is 6.04 Å². The molecule has 0 aromatic rings. The van der Waals surface area contributed by atoms with Gasteiger partial charge in [-0.1, -0.05) is 20.8 Å². The van der Waals surface area contributed by atoms with Crippen molar-refractivity contribution in [3.05, 3.63) is 0 Å². The Kier molecular flexibility index (Phi) is 6.59. The third kappa shape index (κ3) is 6.58. The highest BCUT2D eigenvalue weighted by atomic mass is 16.5. The molecule has 0 aliphatic heterocycles. The van der Waals surface area contributed by atoms with E-state index < -0.39 is 6.04 Å². The van der Waals surface area contributed by atoms with E-state index in [4.69, 9.17) is 10.5 Å². The van der Waals surface area contributed by atoms with Crippen LogP contribution < -0.4 is 5.73 Å². The van der Waals surface area contributed by atoms with E-state index in [9.17, 15) is 4.79 Å². The zero-order chi connectivity index (χ0) is 10.3. The van der Waals surface area contributed by atoms with Crippen LogP contribution in [0.1, 0.15) is 40.0 Å². The summed E-state index contributed by atoms with van der Waals surface area (Å²) in [6, 6.07) is -0.445.